The summed E-state index contributed by atoms with van der Waals surface area (Å²) >= 11 is 0. The van der Waals surface area contributed by atoms with Crippen molar-refractivity contribution in [3.63, 3.8) is 0 Å². The summed E-state index contributed by atoms with van der Waals surface area (Å²) in [6.45, 7) is 11.3. The lowest BCUT2D eigenvalue weighted by Crippen LogP contribution is -2.30. The number of rotatable bonds is 46. The third-order valence-electron chi connectivity index (χ3n) is 11.7. The highest BCUT2D eigenvalue weighted by Gasteiger charge is 2.19. The Morgan fingerprint density at radius 2 is 0.569 bits per heavy atom. The van der Waals surface area contributed by atoms with Gasteiger partial charge in [-0.1, -0.05) is 247 Å². The Labute approximate surface area is 361 Å². The van der Waals surface area contributed by atoms with E-state index >= 15 is 0 Å². The van der Waals surface area contributed by atoms with Crippen molar-refractivity contribution >= 4 is 17.9 Å². The molecule has 1 atom stereocenters. The summed E-state index contributed by atoms with van der Waals surface area (Å²) in [7, 11) is 0. The van der Waals surface area contributed by atoms with Gasteiger partial charge in [0.15, 0.2) is 6.10 Å². The predicted octanol–water partition coefficient (Wildman–Crippen LogP) is 16.5. The number of unbranched alkanes of at least 4 members (excludes halogenated alkanes) is 31. The number of ether oxygens (including phenoxy) is 3. The number of hydrogen-bond acceptors (Lipinski definition) is 6. The van der Waals surface area contributed by atoms with Gasteiger partial charge in [-0.3, -0.25) is 14.4 Å². The molecule has 0 heterocycles. The summed E-state index contributed by atoms with van der Waals surface area (Å²) < 4.78 is 16.8. The molecule has 0 radical (unpaired) electrons. The van der Waals surface area contributed by atoms with E-state index in [2.05, 4.69) is 34.6 Å². The van der Waals surface area contributed by atoms with Crippen LogP contribution < -0.4 is 0 Å². The van der Waals surface area contributed by atoms with Crippen molar-refractivity contribution in [1.82, 2.24) is 0 Å². The molecular formula is C52H100O6. The standard InChI is InChI=1S/C52H100O6/c1-6-7-8-9-10-11-12-13-14-15-20-23-28-34-39-44-52(55)58-49(46-57-51(54)43-38-33-29-24-26-31-36-41-48(4)5)45-56-50(53)42-37-32-27-22-19-17-16-18-21-25-30-35-40-47(2)3/h47-49H,6-46H2,1-5H3/t49-/m1/s1. The van der Waals surface area contributed by atoms with Gasteiger partial charge >= 0.3 is 17.9 Å². The molecule has 58 heavy (non-hydrogen) atoms. The van der Waals surface area contributed by atoms with Gasteiger partial charge in [0.1, 0.15) is 13.2 Å². The van der Waals surface area contributed by atoms with Crippen molar-refractivity contribution in [2.75, 3.05) is 13.2 Å². The zero-order chi connectivity index (χ0) is 42.6. The van der Waals surface area contributed by atoms with Crippen molar-refractivity contribution in [1.29, 1.82) is 0 Å². The first kappa shape index (κ1) is 56.4. The maximum absolute atomic E-state index is 12.8. The molecule has 6 heteroatoms. The zero-order valence-electron chi connectivity index (χ0n) is 39.7. The van der Waals surface area contributed by atoms with Gasteiger partial charge in [-0.2, -0.15) is 0 Å². The first-order valence-corrected chi connectivity index (χ1v) is 25.7. The van der Waals surface area contributed by atoms with Crippen molar-refractivity contribution in [3.8, 4) is 0 Å². The Kier molecular flexibility index (Phi) is 43.7. The van der Waals surface area contributed by atoms with E-state index in [0.29, 0.717) is 19.3 Å². The van der Waals surface area contributed by atoms with E-state index in [-0.39, 0.29) is 31.1 Å². The van der Waals surface area contributed by atoms with Crippen molar-refractivity contribution in [2.45, 2.75) is 291 Å². The highest BCUT2D eigenvalue weighted by Crippen LogP contribution is 2.17. The van der Waals surface area contributed by atoms with Crippen LogP contribution in [0.1, 0.15) is 285 Å². The molecule has 0 saturated heterocycles. The van der Waals surface area contributed by atoms with Crippen LogP contribution in [-0.4, -0.2) is 37.2 Å². The lowest BCUT2D eigenvalue weighted by Gasteiger charge is -2.18. The molecular weight excluding hydrogens is 721 g/mol. The van der Waals surface area contributed by atoms with E-state index in [0.717, 1.165) is 69.6 Å². The average Bonchev–Trinajstić information content (AvgIpc) is 3.19. The lowest BCUT2D eigenvalue weighted by atomic mass is 10.0. The SMILES string of the molecule is CCCCCCCCCCCCCCCCCC(=O)O[C@H](COC(=O)CCCCCCCCCCCCCCC(C)C)COC(=O)CCCCCCCCCC(C)C. The van der Waals surface area contributed by atoms with Gasteiger partial charge in [0, 0.05) is 19.3 Å². The largest absolute Gasteiger partial charge is 0.462 e. The molecule has 0 N–H and O–H groups in total. The van der Waals surface area contributed by atoms with Gasteiger partial charge in [-0.05, 0) is 31.1 Å². The monoisotopic (exact) mass is 821 g/mol. The topological polar surface area (TPSA) is 78.9 Å². The second-order valence-electron chi connectivity index (χ2n) is 18.8. The first-order valence-electron chi connectivity index (χ1n) is 25.7. The lowest BCUT2D eigenvalue weighted by molar-refractivity contribution is -0.167. The number of carbonyl (C=O) groups excluding carboxylic acids is 3. The van der Waals surface area contributed by atoms with Crippen LogP contribution in [0.4, 0.5) is 0 Å². The fourth-order valence-corrected chi connectivity index (χ4v) is 7.81. The fourth-order valence-electron chi connectivity index (χ4n) is 7.81. The molecule has 0 spiro atoms. The van der Waals surface area contributed by atoms with E-state index < -0.39 is 6.10 Å². The molecule has 344 valence electrons. The summed E-state index contributed by atoms with van der Waals surface area (Å²) in [5.74, 6) is 0.764. The van der Waals surface area contributed by atoms with Crippen LogP contribution in [0, 0.1) is 11.8 Å². The van der Waals surface area contributed by atoms with Crippen LogP contribution in [0.15, 0.2) is 0 Å². The molecule has 0 aliphatic carbocycles. The van der Waals surface area contributed by atoms with Gasteiger partial charge in [-0.15, -0.1) is 0 Å². The molecule has 0 bridgehead atoms. The zero-order valence-corrected chi connectivity index (χ0v) is 39.7. The van der Waals surface area contributed by atoms with Crippen LogP contribution in [0.3, 0.4) is 0 Å². The third kappa shape index (κ3) is 45.5. The molecule has 0 aromatic rings. The normalized spacial score (nSPS) is 12.1. The maximum Gasteiger partial charge on any atom is 0.306 e. The highest BCUT2D eigenvalue weighted by molar-refractivity contribution is 5.71. The molecule has 0 rings (SSSR count). The molecule has 6 nitrogen and oxygen atoms in total. The second kappa shape index (κ2) is 44.9. The van der Waals surface area contributed by atoms with Crippen LogP contribution in [0.25, 0.3) is 0 Å². The third-order valence-corrected chi connectivity index (χ3v) is 11.7. The average molecular weight is 821 g/mol. The molecule has 0 unspecified atom stereocenters. The van der Waals surface area contributed by atoms with Crippen molar-refractivity contribution in [3.05, 3.63) is 0 Å². The van der Waals surface area contributed by atoms with Crippen molar-refractivity contribution in [2.24, 2.45) is 11.8 Å². The highest BCUT2D eigenvalue weighted by atomic mass is 16.6. The van der Waals surface area contributed by atoms with Crippen LogP contribution >= 0.6 is 0 Å². The van der Waals surface area contributed by atoms with Gasteiger partial charge in [-0.25, -0.2) is 0 Å². The molecule has 0 aromatic heterocycles. The molecule has 0 amide bonds. The smallest absolute Gasteiger partial charge is 0.306 e. The summed E-state index contributed by atoms with van der Waals surface area (Å²) in [4.78, 5) is 37.9. The van der Waals surface area contributed by atoms with Gasteiger partial charge in [0.2, 0.25) is 0 Å². The number of hydrogen-bond donors (Lipinski definition) is 0. The number of esters is 3. The quantitative estimate of drug-likeness (QED) is 0.0346. The molecule has 0 aliphatic rings. The second-order valence-corrected chi connectivity index (χ2v) is 18.8. The Hall–Kier alpha value is -1.59. The minimum absolute atomic E-state index is 0.0642. The van der Waals surface area contributed by atoms with Gasteiger partial charge in [0.05, 0.1) is 0 Å². The van der Waals surface area contributed by atoms with Gasteiger partial charge < -0.3 is 14.2 Å². The van der Waals surface area contributed by atoms with Crippen molar-refractivity contribution < 1.29 is 28.6 Å². The van der Waals surface area contributed by atoms with E-state index in [1.807, 2.05) is 0 Å². The van der Waals surface area contributed by atoms with Crippen LogP contribution in [-0.2, 0) is 28.6 Å². The van der Waals surface area contributed by atoms with Gasteiger partial charge in [0.25, 0.3) is 0 Å². The fraction of sp³-hybridized carbons (Fsp3) is 0.942. The van der Waals surface area contributed by atoms with Crippen LogP contribution in [0.2, 0.25) is 0 Å². The summed E-state index contributed by atoms with van der Waals surface area (Å²) in [6.07, 6.45) is 45.2. The summed E-state index contributed by atoms with van der Waals surface area (Å²) in [6, 6.07) is 0. The Morgan fingerprint density at radius 1 is 0.328 bits per heavy atom. The van der Waals surface area contributed by atoms with Crippen LogP contribution in [0.5, 0.6) is 0 Å². The van der Waals surface area contributed by atoms with E-state index in [1.54, 1.807) is 0 Å². The summed E-state index contributed by atoms with van der Waals surface area (Å²) in [5, 5.41) is 0. The molecule has 0 aliphatic heterocycles. The molecule has 0 fully saturated rings. The summed E-state index contributed by atoms with van der Waals surface area (Å²) in [5.41, 5.74) is 0. The molecule has 0 saturated carbocycles. The minimum Gasteiger partial charge on any atom is -0.462 e. The Balaban J connectivity index is 4.29. The van der Waals surface area contributed by atoms with E-state index in [1.165, 1.54) is 173 Å². The number of carbonyl (C=O) groups is 3. The van der Waals surface area contributed by atoms with E-state index in [4.69, 9.17) is 14.2 Å². The first-order chi connectivity index (χ1) is 28.2. The Bertz CT molecular complexity index is 885. The Morgan fingerprint density at radius 3 is 0.845 bits per heavy atom. The molecule has 0 aromatic carbocycles. The maximum atomic E-state index is 12.8. The van der Waals surface area contributed by atoms with E-state index in [9.17, 15) is 14.4 Å². The minimum atomic E-state index is -0.761. The predicted molar refractivity (Wildman–Crippen MR) is 247 cm³/mol.